The van der Waals surface area contributed by atoms with Gasteiger partial charge in [-0.2, -0.15) is 5.10 Å². The van der Waals surface area contributed by atoms with E-state index in [-0.39, 0.29) is 59.6 Å². The van der Waals surface area contributed by atoms with Gasteiger partial charge in [-0.3, -0.25) is 23.9 Å². The van der Waals surface area contributed by atoms with E-state index in [9.17, 15) is 23.6 Å². The summed E-state index contributed by atoms with van der Waals surface area (Å²) < 4.78 is 15.6. The van der Waals surface area contributed by atoms with Gasteiger partial charge in [0.25, 0.3) is 5.91 Å². The van der Waals surface area contributed by atoms with Crippen molar-refractivity contribution in [2.75, 3.05) is 0 Å². The molecule has 3 atom stereocenters. The minimum atomic E-state index is -1.03. The second-order valence-corrected chi connectivity index (χ2v) is 10.1. The molecule has 1 saturated carbocycles. The molecule has 5 rings (SSSR count). The summed E-state index contributed by atoms with van der Waals surface area (Å²) in [6.07, 6.45) is 2.00. The van der Waals surface area contributed by atoms with Crippen LogP contribution < -0.4 is 11.1 Å². The Kier molecular flexibility index (Phi) is 6.78. The molecular weight excluding hydrogens is 517 g/mol. The largest absolute Gasteiger partial charge is 0.481 e. The Labute approximate surface area is 221 Å². The monoisotopic (exact) mass is 541 g/mol. The van der Waals surface area contributed by atoms with Crippen LogP contribution in [0.1, 0.15) is 40.9 Å². The van der Waals surface area contributed by atoms with E-state index in [4.69, 9.17) is 22.4 Å². The fourth-order valence-electron chi connectivity index (χ4n) is 5.67. The lowest BCUT2D eigenvalue weighted by Gasteiger charge is -2.34. The number of halogens is 2. The zero-order valence-corrected chi connectivity index (χ0v) is 20.9. The first-order valence-electron chi connectivity index (χ1n) is 12.2. The molecule has 198 valence electrons. The Hall–Kier alpha value is -3.99. The van der Waals surface area contributed by atoms with Crippen LogP contribution >= 0.6 is 11.6 Å². The number of carbonyl (C=O) groups is 4. The van der Waals surface area contributed by atoms with Gasteiger partial charge in [-0.1, -0.05) is 35.9 Å². The number of fused-ring (bicyclic) bond motifs is 3. The summed E-state index contributed by atoms with van der Waals surface area (Å²) in [4.78, 5) is 51.5. The summed E-state index contributed by atoms with van der Waals surface area (Å²) in [7, 11) is 0. The lowest BCUT2D eigenvalue weighted by atomic mass is 9.97. The van der Waals surface area contributed by atoms with Crippen molar-refractivity contribution in [2.45, 2.75) is 50.9 Å². The second-order valence-electron chi connectivity index (χ2n) is 9.70. The molecule has 1 saturated heterocycles. The van der Waals surface area contributed by atoms with Crippen molar-refractivity contribution in [3.8, 4) is 0 Å². The molecule has 0 spiro atoms. The summed E-state index contributed by atoms with van der Waals surface area (Å²) in [5.41, 5.74) is 6.56. The first kappa shape index (κ1) is 25.7. The number of hydrogen-bond donors (Lipinski definition) is 3. The number of nitrogens with zero attached hydrogens (tertiary/aromatic N) is 3. The molecular formula is C26H25ClFN5O5. The summed E-state index contributed by atoms with van der Waals surface area (Å²) in [5.74, 6) is -3.18. The van der Waals surface area contributed by atoms with E-state index < -0.39 is 23.7 Å². The molecule has 2 aromatic carbocycles. The fraction of sp³-hybridized carbons (Fsp3) is 0.346. The number of rotatable bonds is 8. The number of primary amides is 1. The smallest absolute Gasteiger partial charge is 0.307 e. The average molecular weight is 542 g/mol. The fourth-order valence-corrected chi connectivity index (χ4v) is 5.87. The third-order valence-corrected chi connectivity index (χ3v) is 7.61. The minimum Gasteiger partial charge on any atom is -0.481 e. The van der Waals surface area contributed by atoms with E-state index in [1.54, 1.807) is 29.2 Å². The molecule has 38 heavy (non-hydrogen) atoms. The number of nitrogens with two attached hydrogens (primary N) is 1. The molecule has 10 nitrogen and oxygen atoms in total. The Balaban J connectivity index is 1.39. The lowest BCUT2D eigenvalue weighted by molar-refractivity contribution is -0.143. The summed E-state index contributed by atoms with van der Waals surface area (Å²) >= 11 is 5.84. The Bertz CT molecular complexity index is 1470. The van der Waals surface area contributed by atoms with E-state index in [1.165, 1.54) is 16.8 Å². The van der Waals surface area contributed by atoms with E-state index in [1.807, 2.05) is 0 Å². The van der Waals surface area contributed by atoms with Crippen molar-refractivity contribution < 1.29 is 28.7 Å². The van der Waals surface area contributed by atoms with Gasteiger partial charge in [0, 0.05) is 23.5 Å². The number of aromatic nitrogens is 2. The van der Waals surface area contributed by atoms with Gasteiger partial charge in [0.15, 0.2) is 5.69 Å². The summed E-state index contributed by atoms with van der Waals surface area (Å²) in [6, 6.07) is 8.40. The number of carboxylic acid groups (broad SMARTS) is 1. The van der Waals surface area contributed by atoms with E-state index in [2.05, 4.69) is 10.4 Å². The van der Waals surface area contributed by atoms with Crippen LogP contribution in [0.15, 0.2) is 36.4 Å². The zero-order valence-electron chi connectivity index (χ0n) is 20.2. The number of carbonyl (C=O) groups excluding carboxylic acids is 3. The normalized spacial score (nSPS) is 20.2. The number of amides is 3. The maximum absolute atomic E-state index is 14.3. The highest BCUT2D eigenvalue weighted by molar-refractivity contribution is 6.30. The molecule has 12 heteroatoms. The third kappa shape index (κ3) is 4.69. The molecule has 1 aromatic heterocycles. The van der Waals surface area contributed by atoms with Gasteiger partial charge in [-0.05, 0) is 42.9 Å². The number of likely N-dealkylation sites (tertiary alicyclic amines) is 1. The quantitative estimate of drug-likeness (QED) is 0.398. The minimum absolute atomic E-state index is 0.0223. The van der Waals surface area contributed by atoms with Crippen molar-refractivity contribution in [3.63, 3.8) is 0 Å². The molecule has 3 aromatic rings. The van der Waals surface area contributed by atoms with Gasteiger partial charge in [-0.15, -0.1) is 0 Å². The van der Waals surface area contributed by atoms with E-state index in [0.717, 1.165) is 12.8 Å². The predicted molar refractivity (Wildman–Crippen MR) is 135 cm³/mol. The molecule has 0 radical (unpaired) electrons. The van der Waals surface area contributed by atoms with Gasteiger partial charge in [0.05, 0.1) is 17.0 Å². The third-order valence-electron chi connectivity index (χ3n) is 7.32. The van der Waals surface area contributed by atoms with Crippen LogP contribution in [0.5, 0.6) is 0 Å². The number of benzene rings is 2. The van der Waals surface area contributed by atoms with E-state index in [0.29, 0.717) is 22.9 Å². The van der Waals surface area contributed by atoms with Gasteiger partial charge in [-0.25, -0.2) is 4.39 Å². The van der Waals surface area contributed by atoms with Crippen LogP contribution in [0.25, 0.3) is 10.9 Å². The number of aliphatic carboxylic acids is 1. The molecule has 2 aliphatic rings. The zero-order chi connectivity index (χ0) is 27.1. The number of carboxylic acids is 1. The van der Waals surface area contributed by atoms with Crippen molar-refractivity contribution in [2.24, 2.45) is 11.7 Å². The SMILES string of the molecule is NC(=O)c1nn(CC(=O)N2[C@@H]3CC[C@@H](C3)[C@H]2C(=O)NCc2cccc(Cl)c2F)c2cc(CC(=O)O)ccc12. The summed E-state index contributed by atoms with van der Waals surface area (Å²) in [5, 5.41) is 16.5. The van der Waals surface area contributed by atoms with E-state index >= 15 is 0 Å². The summed E-state index contributed by atoms with van der Waals surface area (Å²) in [6.45, 7) is -0.338. The Morgan fingerprint density at radius 1 is 1.18 bits per heavy atom. The van der Waals surface area contributed by atoms with Crippen molar-refractivity contribution >= 4 is 46.2 Å². The molecule has 2 heterocycles. The Morgan fingerprint density at radius 3 is 2.71 bits per heavy atom. The van der Waals surface area contributed by atoms with Gasteiger partial charge in [0.1, 0.15) is 18.4 Å². The van der Waals surface area contributed by atoms with Crippen molar-refractivity contribution in [1.29, 1.82) is 0 Å². The molecule has 4 N–H and O–H groups in total. The topological polar surface area (TPSA) is 148 Å². The highest BCUT2D eigenvalue weighted by Crippen LogP contribution is 2.42. The van der Waals surface area contributed by atoms with Gasteiger partial charge < -0.3 is 21.1 Å². The molecule has 3 amide bonds. The lowest BCUT2D eigenvalue weighted by Crippen LogP contribution is -2.53. The van der Waals surface area contributed by atoms with Gasteiger partial charge >= 0.3 is 5.97 Å². The highest BCUT2D eigenvalue weighted by Gasteiger charge is 2.51. The van der Waals surface area contributed by atoms with Crippen molar-refractivity contribution in [1.82, 2.24) is 20.0 Å². The molecule has 2 fully saturated rings. The van der Waals surface area contributed by atoms with Crippen LogP contribution in [-0.4, -0.2) is 55.6 Å². The van der Waals surface area contributed by atoms with Crippen LogP contribution in [0.3, 0.4) is 0 Å². The van der Waals surface area contributed by atoms with Crippen LogP contribution in [0, 0.1) is 11.7 Å². The highest BCUT2D eigenvalue weighted by atomic mass is 35.5. The molecule has 1 aliphatic carbocycles. The average Bonchev–Trinajstić information content (AvgIpc) is 3.58. The van der Waals surface area contributed by atoms with Crippen LogP contribution in [0.2, 0.25) is 5.02 Å². The molecule has 0 unspecified atom stereocenters. The number of piperidine rings is 1. The number of nitrogens with one attached hydrogen (secondary N) is 1. The maximum atomic E-state index is 14.3. The van der Waals surface area contributed by atoms with Crippen LogP contribution in [0.4, 0.5) is 4.39 Å². The number of hydrogen-bond acceptors (Lipinski definition) is 5. The first-order chi connectivity index (χ1) is 18.1. The van der Waals surface area contributed by atoms with Crippen molar-refractivity contribution in [3.05, 3.63) is 64.1 Å². The standard InChI is InChI=1S/C26H25ClFN5O5/c27-18-3-1-2-15(22(18)28)11-30-26(38)24-14-5-6-16(10-14)33(24)20(34)12-32-19-8-13(9-21(35)36)4-7-17(19)23(31-32)25(29)37/h1-4,7-8,14,16,24H,5-6,9-12H2,(H2,29,37)(H,30,38)(H,35,36)/t14-,16+,24-/m0/s1. The Morgan fingerprint density at radius 2 is 1.97 bits per heavy atom. The van der Waals surface area contributed by atoms with Gasteiger partial charge in [0.2, 0.25) is 11.8 Å². The predicted octanol–water partition coefficient (Wildman–Crippen LogP) is 2.25. The maximum Gasteiger partial charge on any atom is 0.307 e. The second kappa shape index (κ2) is 10.1. The first-order valence-corrected chi connectivity index (χ1v) is 12.5. The molecule has 2 bridgehead atoms. The van der Waals surface area contributed by atoms with Crippen LogP contribution in [-0.2, 0) is 33.9 Å². The molecule has 1 aliphatic heterocycles.